The number of hydrogen-bond donors (Lipinski definition) is 1. The Balaban J connectivity index is 1.86. The van der Waals surface area contributed by atoms with Crippen molar-refractivity contribution in [1.82, 2.24) is 5.32 Å². The lowest BCUT2D eigenvalue weighted by Crippen LogP contribution is -2.48. The van der Waals surface area contributed by atoms with E-state index in [0.29, 0.717) is 17.7 Å². The molecule has 1 fully saturated rings. The van der Waals surface area contributed by atoms with Gasteiger partial charge in [-0.2, -0.15) is 0 Å². The summed E-state index contributed by atoms with van der Waals surface area (Å²) in [6.45, 7) is 0. The molecule has 2 aliphatic rings. The first-order chi connectivity index (χ1) is 8.66. The maximum absolute atomic E-state index is 12.1. The minimum Gasteiger partial charge on any atom is -0.481 e. The Labute approximate surface area is 103 Å². The number of Topliss-reactive ketones (excluding diaryl/α,β-unsaturated/α-hetero) is 1. The Kier molecular flexibility index (Phi) is 2.40. The predicted octanol–water partition coefficient (Wildman–Crippen LogP) is 0.683. The van der Waals surface area contributed by atoms with Gasteiger partial charge in [0.2, 0.25) is 17.6 Å². The van der Waals surface area contributed by atoms with E-state index >= 15 is 0 Å². The van der Waals surface area contributed by atoms with E-state index in [1.165, 1.54) is 0 Å². The van der Waals surface area contributed by atoms with Gasteiger partial charge < -0.3 is 4.74 Å². The summed E-state index contributed by atoms with van der Waals surface area (Å²) in [6.07, 6.45) is -0.190. The van der Waals surface area contributed by atoms with Crippen molar-refractivity contribution >= 4 is 17.6 Å². The van der Waals surface area contributed by atoms with Crippen LogP contribution in [-0.4, -0.2) is 23.7 Å². The molecule has 3 rings (SSSR count). The van der Waals surface area contributed by atoms with Gasteiger partial charge >= 0.3 is 0 Å². The number of hydrogen-bond acceptors (Lipinski definition) is 4. The molecule has 0 aliphatic carbocycles. The molecular formula is C13H11NO4. The molecule has 0 spiro atoms. The van der Waals surface area contributed by atoms with Gasteiger partial charge in [-0.3, -0.25) is 19.7 Å². The van der Waals surface area contributed by atoms with E-state index < -0.39 is 17.9 Å². The molecule has 1 aromatic carbocycles. The molecular weight excluding hydrogens is 234 g/mol. The Morgan fingerprint density at radius 2 is 1.94 bits per heavy atom. The van der Waals surface area contributed by atoms with Crippen molar-refractivity contribution in [3.63, 3.8) is 0 Å². The van der Waals surface area contributed by atoms with Crippen molar-refractivity contribution < 1.29 is 19.1 Å². The highest BCUT2D eigenvalue weighted by molar-refractivity contribution is 6.08. The third-order valence-electron chi connectivity index (χ3n) is 3.31. The molecule has 18 heavy (non-hydrogen) atoms. The molecule has 92 valence electrons. The van der Waals surface area contributed by atoms with Crippen molar-refractivity contribution in [2.45, 2.75) is 18.9 Å². The van der Waals surface area contributed by atoms with E-state index in [2.05, 4.69) is 5.32 Å². The van der Waals surface area contributed by atoms with Crippen molar-refractivity contribution in [2.24, 2.45) is 5.92 Å². The minimum absolute atomic E-state index is 0.180. The number of fused-ring (bicyclic) bond motifs is 1. The molecule has 2 atom stereocenters. The number of rotatable bonds is 1. The molecule has 0 bridgehead atoms. The Bertz CT molecular complexity index is 552. The first-order valence-electron chi connectivity index (χ1n) is 5.80. The molecule has 2 heterocycles. The fourth-order valence-corrected chi connectivity index (χ4v) is 2.38. The van der Waals surface area contributed by atoms with E-state index in [4.69, 9.17) is 4.74 Å². The summed E-state index contributed by atoms with van der Waals surface area (Å²) in [5.74, 6) is -0.962. The van der Waals surface area contributed by atoms with Crippen LogP contribution < -0.4 is 10.1 Å². The first-order valence-corrected chi connectivity index (χ1v) is 5.80. The number of amides is 2. The lowest BCUT2D eigenvalue weighted by atomic mass is 9.89. The van der Waals surface area contributed by atoms with Crippen LogP contribution in [0.25, 0.3) is 0 Å². The molecule has 0 aromatic heterocycles. The highest BCUT2D eigenvalue weighted by Gasteiger charge is 2.43. The second-order valence-corrected chi connectivity index (χ2v) is 4.46. The summed E-state index contributed by atoms with van der Waals surface area (Å²) in [7, 11) is 0. The number of piperidine rings is 1. The molecule has 0 radical (unpaired) electrons. The van der Waals surface area contributed by atoms with Gasteiger partial charge in [-0.25, -0.2) is 0 Å². The van der Waals surface area contributed by atoms with Gasteiger partial charge in [-0.1, -0.05) is 12.1 Å². The molecule has 0 saturated carbocycles. The molecule has 1 N–H and O–H groups in total. The number of ketones is 1. The summed E-state index contributed by atoms with van der Waals surface area (Å²) < 4.78 is 5.54. The van der Waals surface area contributed by atoms with Crippen LogP contribution in [0.2, 0.25) is 0 Å². The third kappa shape index (κ3) is 1.59. The monoisotopic (exact) mass is 245 g/mol. The molecule has 1 aromatic rings. The number of imide groups is 1. The smallest absolute Gasteiger partial charge is 0.233 e. The average molecular weight is 245 g/mol. The molecule has 5 heteroatoms. The molecule has 2 unspecified atom stereocenters. The van der Waals surface area contributed by atoms with Crippen LogP contribution in [0.15, 0.2) is 24.3 Å². The minimum atomic E-state index is -0.796. The van der Waals surface area contributed by atoms with Crippen LogP contribution in [-0.2, 0) is 9.59 Å². The lowest BCUT2D eigenvalue weighted by molar-refractivity contribution is -0.138. The van der Waals surface area contributed by atoms with Gasteiger partial charge in [0.05, 0.1) is 11.5 Å². The van der Waals surface area contributed by atoms with Crippen LogP contribution in [0.3, 0.4) is 0 Å². The molecule has 5 nitrogen and oxygen atoms in total. The SMILES string of the molecule is O=C1CCC(C2Oc3ccccc3C2=O)C(=O)N1. The Morgan fingerprint density at radius 3 is 2.67 bits per heavy atom. The maximum Gasteiger partial charge on any atom is 0.233 e. The highest BCUT2D eigenvalue weighted by atomic mass is 16.5. The fourth-order valence-electron chi connectivity index (χ4n) is 2.38. The topological polar surface area (TPSA) is 72.5 Å². The van der Waals surface area contributed by atoms with Crippen LogP contribution >= 0.6 is 0 Å². The number of benzene rings is 1. The average Bonchev–Trinajstić information content (AvgIpc) is 2.68. The fraction of sp³-hybridized carbons (Fsp3) is 0.308. The van der Waals surface area contributed by atoms with Gasteiger partial charge in [0.25, 0.3) is 0 Å². The van der Waals surface area contributed by atoms with Gasteiger partial charge in [0.1, 0.15) is 5.75 Å². The zero-order valence-corrected chi connectivity index (χ0v) is 9.51. The number of carbonyl (C=O) groups excluding carboxylic acids is 3. The summed E-state index contributed by atoms with van der Waals surface area (Å²) in [5.41, 5.74) is 0.507. The first kappa shape index (κ1) is 11.0. The number of nitrogens with one attached hydrogen (secondary N) is 1. The van der Waals surface area contributed by atoms with Crippen LogP contribution in [0.5, 0.6) is 5.75 Å². The lowest BCUT2D eigenvalue weighted by Gasteiger charge is -2.24. The van der Waals surface area contributed by atoms with Crippen molar-refractivity contribution in [2.75, 3.05) is 0 Å². The highest BCUT2D eigenvalue weighted by Crippen LogP contribution is 2.33. The van der Waals surface area contributed by atoms with Crippen molar-refractivity contribution in [3.05, 3.63) is 29.8 Å². The third-order valence-corrected chi connectivity index (χ3v) is 3.31. The molecule has 2 aliphatic heterocycles. The number of carbonyl (C=O) groups is 3. The normalized spacial score (nSPS) is 26.6. The standard InChI is InChI=1S/C13H11NO4/c15-10-6-5-8(13(17)14-10)12-11(16)7-3-1-2-4-9(7)18-12/h1-4,8,12H,5-6H2,(H,14,15,17). The van der Waals surface area contributed by atoms with E-state index in [-0.39, 0.29) is 18.1 Å². The zero-order chi connectivity index (χ0) is 12.7. The van der Waals surface area contributed by atoms with Crippen molar-refractivity contribution in [3.8, 4) is 5.75 Å². The summed E-state index contributed by atoms with van der Waals surface area (Å²) in [4.78, 5) is 34.9. The number of para-hydroxylation sites is 1. The zero-order valence-electron chi connectivity index (χ0n) is 9.51. The number of ether oxygens (including phenoxy) is 1. The predicted molar refractivity (Wildman–Crippen MR) is 61.1 cm³/mol. The van der Waals surface area contributed by atoms with Gasteiger partial charge in [0, 0.05) is 6.42 Å². The van der Waals surface area contributed by atoms with Crippen LogP contribution in [0, 0.1) is 5.92 Å². The largest absolute Gasteiger partial charge is 0.481 e. The molecule has 1 saturated heterocycles. The quantitative estimate of drug-likeness (QED) is 0.738. The van der Waals surface area contributed by atoms with Crippen molar-refractivity contribution in [1.29, 1.82) is 0 Å². The summed E-state index contributed by atoms with van der Waals surface area (Å²) in [6, 6.07) is 6.93. The Hall–Kier alpha value is -2.17. The van der Waals surface area contributed by atoms with Crippen LogP contribution in [0.4, 0.5) is 0 Å². The second kappa shape index (κ2) is 3.94. The van der Waals surface area contributed by atoms with E-state index in [1.807, 2.05) is 0 Å². The van der Waals surface area contributed by atoms with Gasteiger partial charge in [-0.15, -0.1) is 0 Å². The maximum atomic E-state index is 12.1. The van der Waals surface area contributed by atoms with E-state index in [9.17, 15) is 14.4 Å². The molecule has 2 amide bonds. The van der Waals surface area contributed by atoms with Gasteiger partial charge in [0.15, 0.2) is 6.10 Å². The second-order valence-electron chi connectivity index (χ2n) is 4.46. The summed E-state index contributed by atoms with van der Waals surface area (Å²) >= 11 is 0. The Morgan fingerprint density at radius 1 is 1.17 bits per heavy atom. The summed E-state index contributed by atoms with van der Waals surface area (Å²) in [5, 5.41) is 2.24. The van der Waals surface area contributed by atoms with Crippen LogP contribution in [0.1, 0.15) is 23.2 Å². The van der Waals surface area contributed by atoms with Gasteiger partial charge in [-0.05, 0) is 18.6 Å². The van der Waals surface area contributed by atoms with E-state index in [0.717, 1.165) is 0 Å². The van der Waals surface area contributed by atoms with E-state index in [1.54, 1.807) is 24.3 Å².